The molecule has 1 aromatic rings. The van der Waals surface area contributed by atoms with Crippen molar-refractivity contribution >= 4 is 0 Å². The highest BCUT2D eigenvalue weighted by Crippen LogP contribution is 2.34. The maximum absolute atomic E-state index is 4.02. The normalized spacial score (nSPS) is 19.3. The molecule has 1 aliphatic heterocycles. The molecule has 4 heteroatoms. The van der Waals surface area contributed by atoms with Gasteiger partial charge >= 0.3 is 0 Å². The summed E-state index contributed by atoms with van der Waals surface area (Å²) in [7, 11) is 0. The lowest BCUT2D eigenvalue weighted by molar-refractivity contribution is 0.110. The highest BCUT2D eigenvalue weighted by atomic mass is 15.3. The molecule has 0 atom stereocenters. The van der Waals surface area contributed by atoms with E-state index in [2.05, 4.69) is 40.4 Å². The number of aryl methyl sites for hydroxylation is 1. The second-order valence-electron chi connectivity index (χ2n) is 6.55. The summed E-state index contributed by atoms with van der Waals surface area (Å²) < 4.78 is 2.13. The van der Waals surface area contributed by atoms with Crippen LogP contribution in [-0.4, -0.2) is 39.3 Å². The summed E-state index contributed by atoms with van der Waals surface area (Å²) >= 11 is 0. The van der Waals surface area contributed by atoms with Gasteiger partial charge in [0.2, 0.25) is 0 Å². The van der Waals surface area contributed by atoms with Gasteiger partial charge in [-0.25, -0.2) is 0 Å². The number of aromatic nitrogens is 3. The predicted molar refractivity (Wildman–Crippen MR) is 73.4 cm³/mol. The van der Waals surface area contributed by atoms with Gasteiger partial charge < -0.3 is 9.47 Å². The molecule has 0 amide bonds. The summed E-state index contributed by atoms with van der Waals surface area (Å²) in [6.07, 6.45) is 4.51. The molecule has 1 aromatic heterocycles. The van der Waals surface area contributed by atoms with Crippen LogP contribution < -0.4 is 0 Å². The molecule has 0 saturated carbocycles. The van der Waals surface area contributed by atoms with Crippen molar-refractivity contribution in [3.63, 3.8) is 0 Å². The molecule has 2 heterocycles. The van der Waals surface area contributed by atoms with Gasteiger partial charge in [-0.3, -0.25) is 0 Å². The summed E-state index contributed by atoms with van der Waals surface area (Å²) in [5.74, 6) is 1.89. The van der Waals surface area contributed by atoms with Gasteiger partial charge in [-0.15, -0.1) is 10.2 Å². The lowest BCUT2D eigenvalue weighted by atomic mass is 9.75. The van der Waals surface area contributed by atoms with E-state index in [1.807, 2.05) is 13.3 Å². The summed E-state index contributed by atoms with van der Waals surface area (Å²) in [6.45, 7) is 13.7. The average molecular weight is 250 g/mol. The molecule has 0 aromatic carbocycles. The minimum absolute atomic E-state index is 0.469. The van der Waals surface area contributed by atoms with Gasteiger partial charge in [0.15, 0.2) is 0 Å². The van der Waals surface area contributed by atoms with E-state index >= 15 is 0 Å². The van der Waals surface area contributed by atoms with Crippen molar-refractivity contribution in [1.29, 1.82) is 0 Å². The maximum atomic E-state index is 4.02. The van der Waals surface area contributed by atoms with Crippen molar-refractivity contribution in [3.05, 3.63) is 12.2 Å². The van der Waals surface area contributed by atoms with Crippen LogP contribution in [0.4, 0.5) is 0 Å². The third kappa shape index (κ3) is 3.31. The van der Waals surface area contributed by atoms with E-state index in [0.717, 1.165) is 24.8 Å². The molecule has 0 N–H and O–H groups in total. The molecule has 0 aliphatic carbocycles. The van der Waals surface area contributed by atoms with E-state index in [9.17, 15) is 0 Å². The van der Waals surface area contributed by atoms with Crippen molar-refractivity contribution in [3.8, 4) is 0 Å². The minimum Gasteiger partial charge on any atom is -0.317 e. The van der Waals surface area contributed by atoms with E-state index in [4.69, 9.17) is 0 Å². The first-order chi connectivity index (χ1) is 8.47. The Hall–Kier alpha value is -0.900. The zero-order valence-corrected chi connectivity index (χ0v) is 12.2. The highest BCUT2D eigenvalue weighted by Gasteiger charge is 2.28. The number of rotatable bonds is 3. The zero-order valence-electron chi connectivity index (χ0n) is 12.2. The summed E-state index contributed by atoms with van der Waals surface area (Å²) in [5, 5.41) is 7.94. The third-order valence-corrected chi connectivity index (χ3v) is 4.28. The van der Waals surface area contributed by atoms with Gasteiger partial charge in [0, 0.05) is 13.1 Å². The Morgan fingerprint density at radius 2 is 1.89 bits per heavy atom. The molecule has 0 radical (unpaired) electrons. The van der Waals surface area contributed by atoms with Gasteiger partial charge in [-0.2, -0.15) is 0 Å². The smallest absolute Gasteiger partial charge is 0.129 e. The number of likely N-dealkylation sites (tertiary alicyclic amines) is 1. The van der Waals surface area contributed by atoms with E-state index in [1.165, 1.54) is 25.9 Å². The first kappa shape index (κ1) is 13.5. The largest absolute Gasteiger partial charge is 0.317 e. The van der Waals surface area contributed by atoms with Gasteiger partial charge in [0.05, 0.1) is 0 Å². The van der Waals surface area contributed by atoms with Crippen LogP contribution in [0.2, 0.25) is 0 Å². The molecule has 0 spiro atoms. The Balaban J connectivity index is 1.76. The number of hydrogen-bond acceptors (Lipinski definition) is 3. The fourth-order valence-electron chi connectivity index (χ4n) is 2.80. The number of hydrogen-bond donors (Lipinski definition) is 0. The van der Waals surface area contributed by atoms with Crippen LogP contribution in [0.1, 0.15) is 39.4 Å². The van der Waals surface area contributed by atoms with Crippen LogP contribution in [0.25, 0.3) is 0 Å². The van der Waals surface area contributed by atoms with Crippen LogP contribution in [0.3, 0.4) is 0 Å². The second-order valence-corrected chi connectivity index (χ2v) is 6.55. The van der Waals surface area contributed by atoms with E-state index in [0.29, 0.717) is 5.41 Å². The Morgan fingerprint density at radius 1 is 1.22 bits per heavy atom. The molecule has 0 bridgehead atoms. The van der Waals surface area contributed by atoms with Crippen LogP contribution in [-0.2, 0) is 6.54 Å². The molecule has 2 rings (SSSR count). The predicted octanol–water partition coefficient (Wildman–Crippen LogP) is 2.34. The minimum atomic E-state index is 0.469. The average Bonchev–Trinajstić information content (AvgIpc) is 2.72. The first-order valence-corrected chi connectivity index (χ1v) is 7.03. The fraction of sp³-hybridized carbons (Fsp3) is 0.857. The van der Waals surface area contributed by atoms with Crippen LogP contribution in [0.15, 0.2) is 6.33 Å². The lowest BCUT2D eigenvalue weighted by Crippen LogP contribution is -2.39. The summed E-state index contributed by atoms with van der Waals surface area (Å²) in [4.78, 5) is 2.57. The van der Waals surface area contributed by atoms with Crippen molar-refractivity contribution in [2.45, 2.75) is 47.1 Å². The molecule has 4 nitrogen and oxygen atoms in total. The number of nitrogens with zero attached hydrogens (tertiary/aromatic N) is 4. The molecular weight excluding hydrogens is 224 g/mol. The van der Waals surface area contributed by atoms with E-state index < -0.39 is 0 Å². The quantitative estimate of drug-likeness (QED) is 0.826. The molecule has 1 aliphatic rings. The molecule has 18 heavy (non-hydrogen) atoms. The number of piperidine rings is 1. The molecule has 1 saturated heterocycles. The van der Waals surface area contributed by atoms with Crippen molar-refractivity contribution in [2.75, 3.05) is 19.6 Å². The maximum Gasteiger partial charge on any atom is 0.129 e. The van der Waals surface area contributed by atoms with Crippen molar-refractivity contribution in [2.24, 2.45) is 11.3 Å². The summed E-state index contributed by atoms with van der Waals surface area (Å²) in [5.41, 5.74) is 0.469. The summed E-state index contributed by atoms with van der Waals surface area (Å²) in [6, 6.07) is 0. The zero-order chi connectivity index (χ0) is 13.2. The Labute approximate surface area is 110 Å². The van der Waals surface area contributed by atoms with Crippen molar-refractivity contribution in [1.82, 2.24) is 19.7 Å². The van der Waals surface area contributed by atoms with Gasteiger partial charge in [0.1, 0.15) is 12.2 Å². The van der Waals surface area contributed by atoms with Crippen LogP contribution in [0.5, 0.6) is 0 Å². The topological polar surface area (TPSA) is 34.0 Å². The SMILES string of the molecule is Cc1nncn1CCN1CCC(C(C)(C)C)CC1. The van der Waals surface area contributed by atoms with Crippen molar-refractivity contribution < 1.29 is 0 Å². The van der Waals surface area contributed by atoms with E-state index in [-0.39, 0.29) is 0 Å². The standard InChI is InChI=1S/C14H26N4/c1-12-16-15-11-18(12)10-9-17-7-5-13(6-8-17)14(2,3)4/h11,13H,5-10H2,1-4H3. The van der Waals surface area contributed by atoms with Gasteiger partial charge in [-0.1, -0.05) is 20.8 Å². The Bertz CT molecular complexity index is 369. The van der Waals surface area contributed by atoms with Crippen LogP contribution in [0, 0.1) is 18.3 Å². The molecule has 1 fully saturated rings. The van der Waals surface area contributed by atoms with E-state index in [1.54, 1.807) is 0 Å². The van der Waals surface area contributed by atoms with Crippen LogP contribution >= 0.6 is 0 Å². The monoisotopic (exact) mass is 250 g/mol. The second kappa shape index (κ2) is 5.39. The highest BCUT2D eigenvalue weighted by molar-refractivity contribution is 4.83. The first-order valence-electron chi connectivity index (χ1n) is 7.03. The molecule has 0 unspecified atom stereocenters. The molecule has 102 valence electrons. The fourth-order valence-corrected chi connectivity index (χ4v) is 2.80. The van der Waals surface area contributed by atoms with Gasteiger partial charge in [-0.05, 0) is 44.2 Å². The Kier molecular flexibility index (Phi) is 4.05. The Morgan fingerprint density at radius 3 is 2.39 bits per heavy atom. The molecular formula is C14H26N4. The van der Waals surface area contributed by atoms with Gasteiger partial charge in [0.25, 0.3) is 0 Å². The lowest BCUT2D eigenvalue weighted by Gasteiger charge is -2.38. The third-order valence-electron chi connectivity index (χ3n) is 4.28.